The molecule has 156 valence electrons. The zero-order chi connectivity index (χ0) is 21.8. The lowest BCUT2D eigenvalue weighted by atomic mass is 9.63. The van der Waals surface area contributed by atoms with Gasteiger partial charge in [-0.1, -0.05) is 74.5 Å². The SMILES string of the molecule is Cc1ccccc1-c1ccc(N2c3ccccc3C(C)(C)C3=CC=CCC32C)c(C)n1. The Balaban J connectivity index is 1.72. The number of para-hydroxylation sites is 1. The fourth-order valence-electron chi connectivity index (χ4n) is 5.65. The number of pyridine rings is 1. The molecule has 0 radical (unpaired) electrons. The first-order chi connectivity index (χ1) is 14.8. The molecule has 2 nitrogen and oxygen atoms in total. The Morgan fingerprint density at radius 1 is 0.839 bits per heavy atom. The molecule has 1 aliphatic heterocycles. The summed E-state index contributed by atoms with van der Waals surface area (Å²) in [6, 6.07) is 21.8. The molecule has 0 saturated heterocycles. The van der Waals surface area contributed by atoms with Crippen LogP contribution in [0.25, 0.3) is 11.3 Å². The summed E-state index contributed by atoms with van der Waals surface area (Å²) < 4.78 is 0. The fourth-order valence-corrected chi connectivity index (χ4v) is 5.65. The maximum absolute atomic E-state index is 5.08. The number of hydrogen-bond acceptors (Lipinski definition) is 2. The first-order valence-electron chi connectivity index (χ1n) is 11.2. The van der Waals surface area contributed by atoms with Gasteiger partial charge < -0.3 is 4.90 Å². The van der Waals surface area contributed by atoms with E-state index in [2.05, 4.69) is 118 Å². The molecule has 0 saturated carbocycles. The summed E-state index contributed by atoms with van der Waals surface area (Å²) in [6.07, 6.45) is 7.83. The lowest BCUT2D eigenvalue weighted by molar-refractivity contribution is 0.420. The monoisotopic (exact) mass is 406 g/mol. The maximum Gasteiger partial charge on any atom is 0.0709 e. The number of rotatable bonds is 2. The second-order valence-electron chi connectivity index (χ2n) is 9.58. The molecule has 1 aliphatic carbocycles. The van der Waals surface area contributed by atoms with E-state index in [0.29, 0.717) is 0 Å². The van der Waals surface area contributed by atoms with Crippen molar-refractivity contribution in [3.05, 3.63) is 101 Å². The van der Waals surface area contributed by atoms with E-state index in [1.807, 2.05) is 0 Å². The number of hydrogen-bond donors (Lipinski definition) is 0. The Hall–Kier alpha value is -3.13. The van der Waals surface area contributed by atoms with Crippen LogP contribution in [0.4, 0.5) is 11.4 Å². The van der Waals surface area contributed by atoms with Gasteiger partial charge in [-0.3, -0.25) is 4.98 Å². The highest BCUT2D eigenvalue weighted by Crippen LogP contribution is 2.55. The number of benzene rings is 2. The molecule has 3 aromatic rings. The number of allylic oxidation sites excluding steroid dienone is 2. The summed E-state index contributed by atoms with van der Waals surface area (Å²) in [6.45, 7) is 11.4. The summed E-state index contributed by atoms with van der Waals surface area (Å²) in [5, 5.41) is 0. The highest BCUT2D eigenvalue weighted by atomic mass is 15.2. The summed E-state index contributed by atoms with van der Waals surface area (Å²) >= 11 is 0. The van der Waals surface area contributed by atoms with Crippen molar-refractivity contribution in [2.75, 3.05) is 4.90 Å². The maximum atomic E-state index is 5.08. The number of anilines is 2. The molecule has 0 bridgehead atoms. The molecule has 0 fully saturated rings. The third kappa shape index (κ3) is 2.89. The fraction of sp³-hybridized carbons (Fsp3) is 0.276. The summed E-state index contributed by atoms with van der Waals surface area (Å²) in [5.41, 5.74) is 9.71. The predicted molar refractivity (Wildman–Crippen MR) is 131 cm³/mol. The van der Waals surface area contributed by atoms with Gasteiger partial charge in [0, 0.05) is 16.7 Å². The van der Waals surface area contributed by atoms with Crippen molar-refractivity contribution >= 4 is 11.4 Å². The van der Waals surface area contributed by atoms with Crippen molar-refractivity contribution in [2.45, 2.75) is 52.0 Å². The molecule has 5 rings (SSSR count). The van der Waals surface area contributed by atoms with Crippen LogP contribution >= 0.6 is 0 Å². The van der Waals surface area contributed by atoms with Crippen molar-refractivity contribution in [1.29, 1.82) is 0 Å². The standard InChI is InChI=1S/C29H30N2/c1-20-12-6-7-13-22(20)24-17-18-25(21(2)30-24)31-26-15-9-8-14-23(26)28(3,4)27-16-10-11-19-29(27,31)5/h6-18H,19H2,1-5H3. The molecule has 0 N–H and O–H groups in total. The molecule has 2 aliphatic rings. The second-order valence-corrected chi connectivity index (χ2v) is 9.58. The zero-order valence-electron chi connectivity index (χ0n) is 19.1. The van der Waals surface area contributed by atoms with Crippen LogP contribution in [0, 0.1) is 13.8 Å². The van der Waals surface area contributed by atoms with Gasteiger partial charge in [-0.05, 0) is 62.1 Å². The van der Waals surface area contributed by atoms with E-state index >= 15 is 0 Å². The molecule has 0 spiro atoms. The summed E-state index contributed by atoms with van der Waals surface area (Å²) in [5.74, 6) is 0. The van der Waals surface area contributed by atoms with Gasteiger partial charge in [0.1, 0.15) is 0 Å². The largest absolute Gasteiger partial charge is 0.330 e. The molecule has 1 aromatic heterocycles. The average Bonchev–Trinajstić information content (AvgIpc) is 2.75. The van der Waals surface area contributed by atoms with Crippen molar-refractivity contribution in [2.24, 2.45) is 0 Å². The Bertz CT molecular complexity index is 1230. The van der Waals surface area contributed by atoms with Gasteiger partial charge >= 0.3 is 0 Å². The van der Waals surface area contributed by atoms with Crippen molar-refractivity contribution < 1.29 is 0 Å². The third-order valence-electron chi connectivity index (χ3n) is 7.20. The van der Waals surface area contributed by atoms with E-state index in [-0.39, 0.29) is 11.0 Å². The lowest BCUT2D eigenvalue weighted by Crippen LogP contribution is -2.54. The van der Waals surface area contributed by atoms with Crippen LogP contribution in [0.1, 0.15) is 44.0 Å². The number of nitrogens with zero attached hydrogens (tertiary/aromatic N) is 2. The molecular formula is C29H30N2. The minimum atomic E-state index is -0.122. The van der Waals surface area contributed by atoms with Gasteiger partial charge in [-0.2, -0.15) is 0 Å². The van der Waals surface area contributed by atoms with Gasteiger partial charge in [0.25, 0.3) is 0 Å². The third-order valence-corrected chi connectivity index (χ3v) is 7.20. The van der Waals surface area contributed by atoms with E-state index in [0.717, 1.165) is 17.8 Å². The molecule has 1 unspecified atom stereocenters. The molecule has 2 heteroatoms. The van der Waals surface area contributed by atoms with Gasteiger partial charge in [0.05, 0.1) is 22.6 Å². The molecular weight excluding hydrogens is 376 g/mol. The van der Waals surface area contributed by atoms with Crippen LogP contribution in [0.2, 0.25) is 0 Å². The van der Waals surface area contributed by atoms with E-state index < -0.39 is 0 Å². The lowest BCUT2D eigenvalue weighted by Gasteiger charge is -2.55. The number of aryl methyl sites for hydroxylation is 2. The van der Waals surface area contributed by atoms with E-state index in [1.54, 1.807) is 0 Å². The van der Waals surface area contributed by atoms with Crippen LogP contribution in [0.3, 0.4) is 0 Å². The molecule has 2 aromatic carbocycles. The van der Waals surface area contributed by atoms with Crippen LogP contribution in [-0.2, 0) is 5.41 Å². The van der Waals surface area contributed by atoms with Crippen molar-refractivity contribution in [1.82, 2.24) is 4.98 Å². The first kappa shape index (κ1) is 19.8. The van der Waals surface area contributed by atoms with Gasteiger partial charge in [-0.25, -0.2) is 0 Å². The Morgan fingerprint density at radius 3 is 2.35 bits per heavy atom. The topological polar surface area (TPSA) is 16.1 Å². The van der Waals surface area contributed by atoms with Gasteiger partial charge in [-0.15, -0.1) is 0 Å². The van der Waals surface area contributed by atoms with E-state index in [1.165, 1.54) is 33.6 Å². The molecule has 1 atom stereocenters. The normalized spacial score (nSPS) is 21.3. The second kappa shape index (κ2) is 6.95. The molecule has 31 heavy (non-hydrogen) atoms. The van der Waals surface area contributed by atoms with E-state index in [9.17, 15) is 0 Å². The van der Waals surface area contributed by atoms with Gasteiger partial charge in [0.15, 0.2) is 0 Å². The smallest absolute Gasteiger partial charge is 0.0709 e. The van der Waals surface area contributed by atoms with E-state index in [4.69, 9.17) is 4.98 Å². The minimum Gasteiger partial charge on any atom is -0.330 e. The molecule has 2 heterocycles. The average molecular weight is 407 g/mol. The van der Waals surface area contributed by atoms with Crippen molar-refractivity contribution in [3.8, 4) is 11.3 Å². The number of aromatic nitrogens is 1. The Morgan fingerprint density at radius 2 is 1.58 bits per heavy atom. The van der Waals surface area contributed by atoms with Crippen LogP contribution in [0.5, 0.6) is 0 Å². The number of fused-ring (bicyclic) bond motifs is 2. The minimum absolute atomic E-state index is 0.0188. The van der Waals surface area contributed by atoms with Crippen LogP contribution in [0.15, 0.2) is 84.5 Å². The quantitative estimate of drug-likeness (QED) is 0.439. The Kier molecular flexibility index (Phi) is 4.44. The van der Waals surface area contributed by atoms with Crippen LogP contribution in [-0.4, -0.2) is 10.5 Å². The molecule has 0 amide bonds. The summed E-state index contributed by atoms with van der Waals surface area (Å²) in [4.78, 5) is 7.61. The highest BCUT2D eigenvalue weighted by molar-refractivity contribution is 5.79. The predicted octanol–water partition coefficient (Wildman–Crippen LogP) is 7.44. The Labute approximate surface area is 186 Å². The van der Waals surface area contributed by atoms with Gasteiger partial charge in [0.2, 0.25) is 0 Å². The first-order valence-corrected chi connectivity index (χ1v) is 11.2. The summed E-state index contributed by atoms with van der Waals surface area (Å²) in [7, 11) is 0. The van der Waals surface area contributed by atoms with Crippen LogP contribution < -0.4 is 4.90 Å². The van der Waals surface area contributed by atoms with Crippen molar-refractivity contribution in [3.63, 3.8) is 0 Å². The zero-order valence-corrected chi connectivity index (χ0v) is 19.1. The highest BCUT2D eigenvalue weighted by Gasteiger charge is 2.49.